The number of hydrogen-bond acceptors (Lipinski definition) is 2. The fourth-order valence-electron chi connectivity index (χ4n) is 2.23. The lowest BCUT2D eigenvalue weighted by atomic mass is 10.0. The van der Waals surface area contributed by atoms with Crippen LogP contribution < -0.4 is 0 Å². The van der Waals surface area contributed by atoms with Gasteiger partial charge in [-0.05, 0) is 38.8 Å². The van der Waals surface area contributed by atoms with Crippen LogP contribution in [0, 0.1) is 13.8 Å². The Balaban J connectivity index is 2.09. The highest BCUT2D eigenvalue weighted by atomic mass is 35.5. The summed E-state index contributed by atoms with van der Waals surface area (Å²) < 4.78 is 0. The van der Waals surface area contributed by atoms with Gasteiger partial charge in [0.05, 0.1) is 5.69 Å². The van der Waals surface area contributed by atoms with Gasteiger partial charge in [0.1, 0.15) is 11.0 Å². The van der Waals surface area contributed by atoms with Crippen LogP contribution in [0.5, 0.6) is 0 Å². The zero-order valence-electron chi connectivity index (χ0n) is 10.6. The minimum Gasteiger partial charge on any atom is -0.232 e. The van der Waals surface area contributed by atoms with Crippen LogP contribution in [0.4, 0.5) is 0 Å². The van der Waals surface area contributed by atoms with Gasteiger partial charge in [0, 0.05) is 17.5 Å². The third-order valence-electron chi connectivity index (χ3n) is 3.17. The van der Waals surface area contributed by atoms with Gasteiger partial charge >= 0.3 is 0 Å². The van der Waals surface area contributed by atoms with E-state index in [0.29, 0.717) is 11.1 Å². The van der Waals surface area contributed by atoms with Crippen molar-refractivity contribution in [1.29, 1.82) is 0 Å². The summed E-state index contributed by atoms with van der Waals surface area (Å²) in [7, 11) is 0. The first-order valence-electron chi connectivity index (χ1n) is 6.25. The van der Waals surface area contributed by atoms with E-state index in [1.165, 1.54) is 24.0 Å². The molecule has 0 radical (unpaired) electrons. The quantitative estimate of drug-likeness (QED) is 0.751. The Labute approximate surface area is 112 Å². The van der Waals surface area contributed by atoms with Crippen molar-refractivity contribution in [3.05, 3.63) is 46.4 Å². The third-order valence-corrected chi connectivity index (χ3v) is 3.37. The second kappa shape index (κ2) is 4.36. The van der Waals surface area contributed by atoms with E-state index in [4.69, 9.17) is 11.6 Å². The maximum absolute atomic E-state index is 6.10. The number of benzene rings is 1. The number of aryl methyl sites for hydroxylation is 2. The molecule has 1 heterocycles. The molecule has 18 heavy (non-hydrogen) atoms. The SMILES string of the molecule is Cc1cc(C)cc(-c2cc(Cl)nc(C3CC3)n2)c1. The van der Waals surface area contributed by atoms with Gasteiger partial charge in [-0.25, -0.2) is 9.97 Å². The molecule has 1 saturated carbocycles. The van der Waals surface area contributed by atoms with Crippen molar-refractivity contribution in [3.8, 4) is 11.3 Å². The molecule has 0 N–H and O–H groups in total. The van der Waals surface area contributed by atoms with E-state index in [2.05, 4.69) is 42.0 Å². The molecule has 0 unspecified atom stereocenters. The lowest BCUT2D eigenvalue weighted by Gasteiger charge is -2.07. The van der Waals surface area contributed by atoms with Crippen LogP contribution in [0.15, 0.2) is 24.3 Å². The number of halogens is 1. The molecule has 0 bridgehead atoms. The summed E-state index contributed by atoms with van der Waals surface area (Å²) in [4.78, 5) is 8.97. The molecule has 1 aromatic heterocycles. The van der Waals surface area contributed by atoms with E-state index < -0.39 is 0 Å². The third kappa shape index (κ3) is 2.39. The average molecular weight is 259 g/mol. The summed E-state index contributed by atoms with van der Waals surface area (Å²) >= 11 is 6.10. The van der Waals surface area contributed by atoms with Crippen LogP contribution >= 0.6 is 11.6 Å². The van der Waals surface area contributed by atoms with E-state index in [1.807, 2.05) is 6.07 Å². The molecular weight excluding hydrogens is 244 g/mol. The predicted molar refractivity (Wildman–Crippen MR) is 73.9 cm³/mol. The van der Waals surface area contributed by atoms with Gasteiger partial charge in [0.25, 0.3) is 0 Å². The van der Waals surface area contributed by atoms with Crippen molar-refractivity contribution in [2.24, 2.45) is 0 Å². The molecule has 1 fully saturated rings. The first kappa shape index (κ1) is 11.7. The molecule has 0 atom stereocenters. The van der Waals surface area contributed by atoms with Crippen molar-refractivity contribution in [3.63, 3.8) is 0 Å². The standard InChI is InChI=1S/C15H15ClN2/c1-9-5-10(2)7-12(6-9)13-8-14(16)18-15(17-13)11-3-4-11/h5-8,11H,3-4H2,1-2H3. The van der Waals surface area contributed by atoms with Gasteiger partial charge in [-0.15, -0.1) is 0 Å². The summed E-state index contributed by atoms with van der Waals surface area (Å²) in [5.74, 6) is 1.42. The van der Waals surface area contributed by atoms with Gasteiger partial charge in [-0.2, -0.15) is 0 Å². The van der Waals surface area contributed by atoms with Crippen molar-refractivity contribution in [1.82, 2.24) is 9.97 Å². The number of rotatable bonds is 2. The molecule has 0 spiro atoms. The second-order valence-corrected chi connectivity index (χ2v) is 5.47. The number of hydrogen-bond donors (Lipinski definition) is 0. The minimum absolute atomic E-state index is 0.522. The summed E-state index contributed by atoms with van der Waals surface area (Å²) in [6, 6.07) is 8.29. The van der Waals surface area contributed by atoms with Gasteiger partial charge in [-0.3, -0.25) is 0 Å². The molecule has 0 saturated heterocycles. The molecule has 1 aliphatic rings. The lowest BCUT2D eigenvalue weighted by Crippen LogP contribution is -1.96. The summed E-state index contributed by atoms with van der Waals surface area (Å²) in [5.41, 5.74) is 4.54. The van der Waals surface area contributed by atoms with Gasteiger partial charge in [0.15, 0.2) is 0 Å². The summed E-state index contributed by atoms with van der Waals surface area (Å²) in [5, 5.41) is 0.543. The molecular formula is C15H15ClN2. The Bertz CT molecular complexity index is 583. The second-order valence-electron chi connectivity index (χ2n) is 5.08. The number of nitrogens with zero attached hydrogens (tertiary/aromatic N) is 2. The first-order valence-corrected chi connectivity index (χ1v) is 6.63. The maximum atomic E-state index is 6.10. The van der Waals surface area contributed by atoms with Gasteiger partial charge in [-0.1, -0.05) is 28.8 Å². The summed E-state index contributed by atoms with van der Waals surface area (Å²) in [6.07, 6.45) is 2.37. The zero-order valence-corrected chi connectivity index (χ0v) is 11.3. The van der Waals surface area contributed by atoms with Crippen molar-refractivity contribution in [2.45, 2.75) is 32.6 Å². The monoisotopic (exact) mass is 258 g/mol. The Hall–Kier alpha value is -1.41. The Morgan fingerprint density at radius 2 is 1.67 bits per heavy atom. The molecule has 2 nitrogen and oxygen atoms in total. The molecule has 1 aliphatic carbocycles. The van der Waals surface area contributed by atoms with Crippen LogP contribution in [0.2, 0.25) is 5.15 Å². The number of aromatic nitrogens is 2. The van der Waals surface area contributed by atoms with Gasteiger partial charge in [0.2, 0.25) is 0 Å². The van der Waals surface area contributed by atoms with Crippen LogP contribution in [0.1, 0.15) is 35.7 Å². The fraction of sp³-hybridized carbons (Fsp3) is 0.333. The van der Waals surface area contributed by atoms with Crippen molar-refractivity contribution in [2.75, 3.05) is 0 Å². The highest BCUT2D eigenvalue weighted by Crippen LogP contribution is 2.39. The normalized spacial score (nSPS) is 14.8. The van der Waals surface area contributed by atoms with Crippen LogP contribution in [-0.4, -0.2) is 9.97 Å². The Morgan fingerprint density at radius 1 is 1.00 bits per heavy atom. The highest BCUT2D eigenvalue weighted by molar-refractivity contribution is 6.29. The van der Waals surface area contributed by atoms with Crippen LogP contribution in [0.25, 0.3) is 11.3 Å². The Morgan fingerprint density at radius 3 is 2.28 bits per heavy atom. The van der Waals surface area contributed by atoms with Crippen molar-refractivity contribution >= 4 is 11.6 Å². The molecule has 0 amide bonds. The molecule has 2 aromatic rings. The fourth-order valence-corrected chi connectivity index (χ4v) is 2.42. The molecule has 3 heteroatoms. The van der Waals surface area contributed by atoms with E-state index in [1.54, 1.807) is 0 Å². The van der Waals surface area contributed by atoms with E-state index in [-0.39, 0.29) is 0 Å². The van der Waals surface area contributed by atoms with E-state index in [0.717, 1.165) is 17.1 Å². The topological polar surface area (TPSA) is 25.8 Å². The molecule has 92 valence electrons. The highest BCUT2D eigenvalue weighted by Gasteiger charge is 2.27. The smallest absolute Gasteiger partial charge is 0.133 e. The van der Waals surface area contributed by atoms with Crippen LogP contribution in [-0.2, 0) is 0 Å². The Kier molecular flexibility index (Phi) is 2.83. The molecule has 1 aromatic carbocycles. The molecule has 3 rings (SSSR count). The largest absolute Gasteiger partial charge is 0.232 e. The van der Waals surface area contributed by atoms with E-state index >= 15 is 0 Å². The van der Waals surface area contributed by atoms with Crippen molar-refractivity contribution < 1.29 is 0 Å². The lowest BCUT2D eigenvalue weighted by molar-refractivity contribution is 0.930. The predicted octanol–water partition coefficient (Wildman–Crippen LogP) is 4.29. The average Bonchev–Trinajstić information content (AvgIpc) is 3.10. The zero-order chi connectivity index (χ0) is 12.7. The van der Waals surface area contributed by atoms with E-state index in [9.17, 15) is 0 Å². The van der Waals surface area contributed by atoms with Gasteiger partial charge < -0.3 is 0 Å². The maximum Gasteiger partial charge on any atom is 0.133 e. The minimum atomic E-state index is 0.522. The molecule has 0 aliphatic heterocycles. The first-order chi connectivity index (χ1) is 8.61. The van der Waals surface area contributed by atoms with Crippen LogP contribution in [0.3, 0.4) is 0 Å². The summed E-state index contributed by atoms with van der Waals surface area (Å²) in [6.45, 7) is 4.20.